The summed E-state index contributed by atoms with van der Waals surface area (Å²) in [5.74, 6) is 0.457. The number of halogens is 4. The lowest BCUT2D eigenvalue weighted by Crippen LogP contribution is -2.20. The van der Waals surface area contributed by atoms with Crippen molar-refractivity contribution in [3.8, 4) is 5.75 Å². The molecular weight excluding hydrogens is 579 g/mol. The molecule has 4 nitrogen and oxygen atoms in total. The van der Waals surface area contributed by atoms with Crippen molar-refractivity contribution in [2.45, 2.75) is 26.9 Å². The monoisotopic (exact) mass is 596 g/mol. The third-order valence-electron chi connectivity index (χ3n) is 4.66. The largest absolute Gasteiger partial charge is 0.486 e. The molecule has 0 aliphatic carbocycles. The van der Waals surface area contributed by atoms with Crippen LogP contribution in [-0.2, 0) is 17.8 Å². The number of hydrogen-bond acceptors (Lipinski definition) is 3. The average Bonchev–Trinajstić information content (AvgIpc) is 2.71. The SMILES string of the molecule is Cc1ccc(CC(=O)N/N=C/c2cc(Br)c(OCc3ccc(Cl)cc3Cl)c(Br)c2)c(C)c1. The first-order valence-electron chi connectivity index (χ1n) is 9.66. The predicted molar refractivity (Wildman–Crippen MR) is 138 cm³/mol. The van der Waals surface area contributed by atoms with Crippen LogP contribution < -0.4 is 10.2 Å². The zero-order chi connectivity index (χ0) is 23.3. The summed E-state index contributed by atoms with van der Waals surface area (Å²) in [5.41, 5.74) is 7.43. The Morgan fingerprint density at radius 1 is 1.03 bits per heavy atom. The lowest BCUT2D eigenvalue weighted by atomic mass is 10.0. The van der Waals surface area contributed by atoms with Gasteiger partial charge in [0.05, 0.1) is 21.6 Å². The number of rotatable bonds is 7. The maximum atomic E-state index is 12.2. The minimum Gasteiger partial charge on any atom is -0.486 e. The molecule has 0 aliphatic rings. The van der Waals surface area contributed by atoms with Crippen LogP contribution in [0.4, 0.5) is 0 Å². The summed E-state index contributed by atoms with van der Waals surface area (Å²) in [4.78, 5) is 12.2. The number of amides is 1. The molecule has 0 saturated heterocycles. The van der Waals surface area contributed by atoms with Crippen LogP contribution in [0, 0.1) is 13.8 Å². The van der Waals surface area contributed by atoms with Gasteiger partial charge < -0.3 is 4.74 Å². The van der Waals surface area contributed by atoms with Gasteiger partial charge in [0.15, 0.2) is 0 Å². The van der Waals surface area contributed by atoms with Crippen molar-refractivity contribution in [3.05, 3.63) is 95.3 Å². The van der Waals surface area contributed by atoms with Gasteiger partial charge in [-0.25, -0.2) is 5.43 Å². The molecule has 8 heteroatoms. The van der Waals surface area contributed by atoms with Crippen molar-refractivity contribution in [1.29, 1.82) is 0 Å². The van der Waals surface area contributed by atoms with Crippen LogP contribution in [0.25, 0.3) is 0 Å². The highest BCUT2D eigenvalue weighted by Crippen LogP contribution is 2.35. The first-order valence-corrected chi connectivity index (χ1v) is 12.0. The Labute approximate surface area is 214 Å². The number of nitrogens with one attached hydrogen (secondary N) is 1. The summed E-state index contributed by atoms with van der Waals surface area (Å²) >= 11 is 19.2. The third-order valence-corrected chi connectivity index (χ3v) is 6.42. The molecule has 0 aromatic heterocycles. The fourth-order valence-corrected chi connectivity index (χ4v) is 4.93. The molecule has 0 fully saturated rings. The van der Waals surface area contributed by atoms with Gasteiger partial charge in [0, 0.05) is 15.6 Å². The smallest absolute Gasteiger partial charge is 0.244 e. The average molecular weight is 599 g/mol. The van der Waals surface area contributed by atoms with Crippen LogP contribution in [0.5, 0.6) is 5.75 Å². The van der Waals surface area contributed by atoms with E-state index in [0.29, 0.717) is 15.8 Å². The van der Waals surface area contributed by atoms with E-state index in [1.54, 1.807) is 18.3 Å². The second-order valence-corrected chi connectivity index (χ2v) is 9.79. The second-order valence-electron chi connectivity index (χ2n) is 7.24. The Morgan fingerprint density at radius 2 is 1.72 bits per heavy atom. The van der Waals surface area contributed by atoms with Gasteiger partial charge in [-0.05, 0) is 86.7 Å². The Kier molecular flexibility index (Phi) is 8.77. The summed E-state index contributed by atoms with van der Waals surface area (Å²) in [5, 5.41) is 5.19. The molecule has 166 valence electrons. The van der Waals surface area contributed by atoms with Gasteiger partial charge in [-0.2, -0.15) is 5.10 Å². The van der Waals surface area contributed by atoms with Crippen molar-refractivity contribution in [2.75, 3.05) is 0 Å². The van der Waals surface area contributed by atoms with Crippen molar-refractivity contribution < 1.29 is 9.53 Å². The van der Waals surface area contributed by atoms with E-state index in [2.05, 4.69) is 48.5 Å². The van der Waals surface area contributed by atoms with Crippen molar-refractivity contribution in [2.24, 2.45) is 5.10 Å². The normalized spacial score (nSPS) is 11.1. The Morgan fingerprint density at radius 3 is 2.38 bits per heavy atom. The molecule has 3 aromatic carbocycles. The minimum absolute atomic E-state index is 0.175. The first-order chi connectivity index (χ1) is 15.2. The van der Waals surface area contributed by atoms with Gasteiger partial charge in [0.25, 0.3) is 0 Å². The van der Waals surface area contributed by atoms with Crippen LogP contribution in [0.2, 0.25) is 10.0 Å². The number of ether oxygens (including phenoxy) is 1. The number of carbonyl (C=O) groups excluding carboxylic acids is 1. The highest BCUT2D eigenvalue weighted by Gasteiger charge is 2.11. The highest BCUT2D eigenvalue weighted by atomic mass is 79.9. The maximum Gasteiger partial charge on any atom is 0.244 e. The maximum absolute atomic E-state index is 12.2. The van der Waals surface area contributed by atoms with Crippen LogP contribution in [-0.4, -0.2) is 12.1 Å². The van der Waals surface area contributed by atoms with Crippen LogP contribution in [0.3, 0.4) is 0 Å². The summed E-state index contributed by atoms with van der Waals surface area (Å²) in [6.45, 7) is 4.31. The van der Waals surface area contributed by atoms with E-state index in [4.69, 9.17) is 27.9 Å². The summed E-state index contributed by atoms with van der Waals surface area (Å²) in [6, 6.07) is 15.0. The van der Waals surface area contributed by atoms with Crippen molar-refractivity contribution in [3.63, 3.8) is 0 Å². The minimum atomic E-state index is -0.175. The third kappa shape index (κ3) is 6.82. The summed E-state index contributed by atoms with van der Waals surface area (Å²) < 4.78 is 7.39. The Bertz CT molecular complexity index is 1160. The first kappa shape index (κ1) is 24.8. The predicted octanol–water partition coefficient (Wildman–Crippen LogP) is 7.41. The molecule has 1 N–H and O–H groups in total. The molecule has 3 aromatic rings. The molecule has 1 amide bonds. The van der Waals surface area contributed by atoms with Crippen LogP contribution in [0.15, 0.2) is 62.6 Å². The lowest BCUT2D eigenvalue weighted by molar-refractivity contribution is -0.120. The van der Waals surface area contributed by atoms with E-state index in [-0.39, 0.29) is 18.9 Å². The van der Waals surface area contributed by atoms with E-state index in [1.165, 1.54) is 5.56 Å². The highest BCUT2D eigenvalue weighted by molar-refractivity contribution is 9.11. The Hall–Kier alpha value is -1.86. The number of hydrogen-bond donors (Lipinski definition) is 1. The molecule has 0 aliphatic heterocycles. The van der Waals surface area contributed by atoms with Crippen LogP contribution >= 0.6 is 55.1 Å². The number of aryl methyl sites for hydroxylation is 2. The van der Waals surface area contributed by atoms with Crippen molar-refractivity contribution in [1.82, 2.24) is 5.43 Å². The molecule has 3 rings (SSSR count). The van der Waals surface area contributed by atoms with Gasteiger partial charge in [-0.1, -0.05) is 53.0 Å². The van der Waals surface area contributed by atoms with Gasteiger partial charge in [-0.15, -0.1) is 0 Å². The summed E-state index contributed by atoms with van der Waals surface area (Å²) in [6.07, 6.45) is 1.85. The van der Waals surface area contributed by atoms with E-state index in [0.717, 1.165) is 31.2 Å². The van der Waals surface area contributed by atoms with E-state index in [9.17, 15) is 4.79 Å². The molecule has 0 spiro atoms. The topological polar surface area (TPSA) is 50.7 Å². The molecule has 0 heterocycles. The lowest BCUT2D eigenvalue weighted by Gasteiger charge is -2.12. The molecule has 0 unspecified atom stereocenters. The standard InChI is InChI=1S/C24H20Br2Cl2N2O2/c1-14-3-4-17(15(2)7-14)10-23(31)30-29-12-16-8-20(25)24(21(26)9-16)32-13-18-5-6-19(27)11-22(18)28/h3-9,11-12H,10,13H2,1-2H3,(H,30,31)/b29-12+. The van der Waals surface area contributed by atoms with E-state index in [1.807, 2.05) is 44.2 Å². The molecule has 0 saturated carbocycles. The Balaban J connectivity index is 1.61. The molecular formula is C24H20Br2Cl2N2O2. The van der Waals surface area contributed by atoms with Gasteiger partial charge >= 0.3 is 0 Å². The quantitative estimate of drug-likeness (QED) is 0.227. The number of benzene rings is 3. The molecule has 0 radical (unpaired) electrons. The zero-order valence-corrected chi connectivity index (χ0v) is 22.1. The second kappa shape index (κ2) is 11.3. The number of carbonyl (C=O) groups is 1. The number of hydrazone groups is 1. The fraction of sp³-hybridized carbons (Fsp3) is 0.167. The number of nitrogens with zero attached hydrogens (tertiary/aromatic N) is 1. The van der Waals surface area contributed by atoms with Gasteiger partial charge in [-0.3, -0.25) is 4.79 Å². The van der Waals surface area contributed by atoms with Gasteiger partial charge in [0.1, 0.15) is 12.4 Å². The fourth-order valence-electron chi connectivity index (χ4n) is 3.02. The zero-order valence-electron chi connectivity index (χ0n) is 17.4. The van der Waals surface area contributed by atoms with E-state index < -0.39 is 0 Å². The van der Waals surface area contributed by atoms with Gasteiger partial charge in [0.2, 0.25) is 5.91 Å². The van der Waals surface area contributed by atoms with E-state index >= 15 is 0 Å². The summed E-state index contributed by atoms with van der Waals surface area (Å²) in [7, 11) is 0. The molecule has 32 heavy (non-hydrogen) atoms. The molecule has 0 bridgehead atoms. The van der Waals surface area contributed by atoms with Crippen LogP contribution in [0.1, 0.15) is 27.8 Å². The van der Waals surface area contributed by atoms with Crippen molar-refractivity contribution >= 4 is 67.2 Å². The molecule has 0 atom stereocenters.